The number of fused-ring (bicyclic) bond motifs is 1. The zero-order valence-electron chi connectivity index (χ0n) is 13.0. The summed E-state index contributed by atoms with van der Waals surface area (Å²) in [5, 5.41) is 7.71. The lowest BCUT2D eigenvalue weighted by molar-refractivity contribution is -0.121. The molecule has 0 aliphatic carbocycles. The molecule has 2 unspecified atom stereocenters. The molecule has 2 aromatic rings. The molecule has 0 bridgehead atoms. The predicted octanol–water partition coefficient (Wildman–Crippen LogP) is 3.86. The van der Waals surface area contributed by atoms with E-state index in [1.54, 1.807) is 0 Å². The highest BCUT2D eigenvalue weighted by molar-refractivity contribution is 7.19. The van der Waals surface area contributed by atoms with E-state index in [0.717, 1.165) is 6.42 Å². The Bertz CT molecular complexity index is 560. The number of carbonyl (C=O) groups excluding carboxylic acids is 1. The van der Waals surface area contributed by atoms with E-state index in [1.165, 1.54) is 15.0 Å². The summed E-state index contributed by atoms with van der Waals surface area (Å²) in [5.41, 5.74) is 0. The minimum Gasteiger partial charge on any atom is -0.354 e. The van der Waals surface area contributed by atoms with Gasteiger partial charge in [-0.05, 0) is 37.8 Å². The van der Waals surface area contributed by atoms with Gasteiger partial charge in [-0.25, -0.2) is 0 Å². The Balaban J connectivity index is 1.81. The number of amides is 1. The van der Waals surface area contributed by atoms with Gasteiger partial charge >= 0.3 is 0 Å². The molecule has 0 aliphatic heterocycles. The largest absolute Gasteiger partial charge is 0.354 e. The van der Waals surface area contributed by atoms with Crippen LogP contribution in [-0.4, -0.2) is 18.5 Å². The molecule has 0 saturated heterocycles. The third-order valence-electron chi connectivity index (χ3n) is 3.69. The highest BCUT2D eigenvalue weighted by Crippen LogP contribution is 2.29. The van der Waals surface area contributed by atoms with Crippen molar-refractivity contribution in [3.8, 4) is 0 Å². The molecule has 4 heteroatoms. The first-order valence-electron chi connectivity index (χ1n) is 7.61. The first kappa shape index (κ1) is 16.0. The smallest absolute Gasteiger partial charge is 0.221 e. The molecule has 114 valence electrons. The van der Waals surface area contributed by atoms with Crippen molar-refractivity contribution in [3.05, 3.63) is 35.2 Å². The molecule has 1 amide bonds. The molecule has 2 N–H and O–H groups in total. The van der Waals surface area contributed by atoms with Crippen LogP contribution in [0.5, 0.6) is 0 Å². The van der Waals surface area contributed by atoms with Gasteiger partial charge in [-0.15, -0.1) is 11.3 Å². The Hall–Kier alpha value is -1.39. The summed E-state index contributed by atoms with van der Waals surface area (Å²) in [4.78, 5) is 13.0. The number of thiophene rings is 1. The Labute approximate surface area is 130 Å². The number of nitrogens with one attached hydrogen (secondary N) is 2. The molecule has 3 nitrogen and oxygen atoms in total. The molecule has 0 saturated carbocycles. The van der Waals surface area contributed by atoms with Crippen LogP contribution in [0.2, 0.25) is 0 Å². The quantitative estimate of drug-likeness (QED) is 0.815. The molecule has 0 spiro atoms. The second-order valence-corrected chi connectivity index (χ2v) is 6.60. The second kappa shape index (κ2) is 7.57. The van der Waals surface area contributed by atoms with Crippen molar-refractivity contribution in [2.75, 3.05) is 6.54 Å². The molecule has 1 heterocycles. The van der Waals surface area contributed by atoms with Crippen LogP contribution in [-0.2, 0) is 4.79 Å². The monoisotopic (exact) mass is 304 g/mol. The van der Waals surface area contributed by atoms with Gasteiger partial charge in [0.15, 0.2) is 0 Å². The van der Waals surface area contributed by atoms with Gasteiger partial charge in [-0.2, -0.15) is 0 Å². The first-order chi connectivity index (χ1) is 10.1. The summed E-state index contributed by atoms with van der Waals surface area (Å²) in [5.74, 6) is 0.125. The minimum absolute atomic E-state index is 0.125. The van der Waals surface area contributed by atoms with Crippen LogP contribution in [0.3, 0.4) is 0 Å². The maximum absolute atomic E-state index is 11.7. The topological polar surface area (TPSA) is 41.1 Å². The van der Waals surface area contributed by atoms with Crippen molar-refractivity contribution in [1.29, 1.82) is 0 Å². The Morgan fingerprint density at radius 3 is 2.76 bits per heavy atom. The van der Waals surface area contributed by atoms with Crippen LogP contribution in [0.15, 0.2) is 30.3 Å². The van der Waals surface area contributed by atoms with E-state index in [0.29, 0.717) is 13.0 Å². The van der Waals surface area contributed by atoms with Crippen molar-refractivity contribution >= 4 is 27.3 Å². The molecule has 1 aromatic carbocycles. The predicted molar refractivity (Wildman–Crippen MR) is 90.8 cm³/mol. The van der Waals surface area contributed by atoms with E-state index in [1.807, 2.05) is 18.3 Å². The van der Waals surface area contributed by atoms with Crippen molar-refractivity contribution in [2.45, 2.75) is 45.7 Å². The fraction of sp³-hybridized carbons (Fsp3) is 0.471. The van der Waals surface area contributed by atoms with E-state index in [2.05, 4.69) is 54.8 Å². The van der Waals surface area contributed by atoms with E-state index < -0.39 is 0 Å². The Morgan fingerprint density at radius 1 is 1.29 bits per heavy atom. The third-order valence-corrected chi connectivity index (χ3v) is 4.99. The third kappa shape index (κ3) is 4.55. The molecule has 21 heavy (non-hydrogen) atoms. The molecular weight excluding hydrogens is 280 g/mol. The summed E-state index contributed by atoms with van der Waals surface area (Å²) in [6.45, 7) is 6.97. The molecule has 2 atom stereocenters. The van der Waals surface area contributed by atoms with Gasteiger partial charge in [-0.1, -0.05) is 25.1 Å². The SMILES string of the molecule is CCC(C)NC(=O)CCNC(C)c1cc2ccccc2s1. The van der Waals surface area contributed by atoms with Crippen molar-refractivity contribution in [2.24, 2.45) is 0 Å². The normalized spacial score (nSPS) is 14.0. The zero-order valence-corrected chi connectivity index (χ0v) is 13.8. The van der Waals surface area contributed by atoms with Crippen LogP contribution >= 0.6 is 11.3 Å². The zero-order chi connectivity index (χ0) is 15.2. The van der Waals surface area contributed by atoms with E-state index >= 15 is 0 Å². The van der Waals surface area contributed by atoms with Crippen LogP contribution in [0.25, 0.3) is 10.1 Å². The number of rotatable bonds is 7. The number of hydrogen-bond donors (Lipinski definition) is 2. The van der Waals surface area contributed by atoms with Gasteiger partial charge in [0.25, 0.3) is 0 Å². The number of carbonyl (C=O) groups is 1. The van der Waals surface area contributed by atoms with Crippen LogP contribution < -0.4 is 10.6 Å². The molecular formula is C17H24N2OS. The van der Waals surface area contributed by atoms with Crippen molar-refractivity contribution in [3.63, 3.8) is 0 Å². The lowest BCUT2D eigenvalue weighted by atomic mass is 10.2. The summed E-state index contributed by atoms with van der Waals surface area (Å²) < 4.78 is 1.32. The summed E-state index contributed by atoms with van der Waals surface area (Å²) in [6, 6.07) is 11.2. The van der Waals surface area contributed by atoms with Crippen LogP contribution in [0.4, 0.5) is 0 Å². The van der Waals surface area contributed by atoms with Crippen LogP contribution in [0.1, 0.15) is 44.5 Å². The standard InChI is InChI=1S/C17H24N2OS/c1-4-12(2)19-17(20)9-10-18-13(3)16-11-14-7-5-6-8-15(14)21-16/h5-8,11-13,18H,4,9-10H2,1-3H3,(H,19,20). The maximum Gasteiger partial charge on any atom is 0.221 e. The van der Waals surface area contributed by atoms with E-state index in [-0.39, 0.29) is 18.0 Å². The van der Waals surface area contributed by atoms with Gasteiger partial charge in [0.1, 0.15) is 0 Å². The average molecular weight is 304 g/mol. The molecule has 1 aromatic heterocycles. The summed E-state index contributed by atoms with van der Waals surface area (Å²) >= 11 is 1.82. The fourth-order valence-electron chi connectivity index (χ4n) is 2.17. The summed E-state index contributed by atoms with van der Waals surface area (Å²) in [6.07, 6.45) is 1.50. The van der Waals surface area contributed by atoms with Crippen molar-refractivity contribution < 1.29 is 4.79 Å². The average Bonchev–Trinajstić information content (AvgIpc) is 2.91. The van der Waals surface area contributed by atoms with Crippen molar-refractivity contribution in [1.82, 2.24) is 10.6 Å². The van der Waals surface area contributed by atoms with Crippen LogP contribution in [0, 0.1) is 0 Å². The van der Waals surface area contributed by atoms with E-state index in [9.17, 15) is 4.79 Å². The highest BCUT2D eigenvalue weighted by atomic mass is 32.1. The van der Waals surface area contributed by atoms with E-state index in [4.69, 9.17) is 0 Å². The maximum atomic E-state index is 11.7. The highest BCUT2D eigenvalue weighted by Gasteiger charge is 2.10. The number of hydrogen-bond acceptors (Lipinski definition) is 3. The molecule has 0 radical (unpaired) electrons. The van der Waals surface area contributed by atoms with Gasteiger partial charge in [0.05, 0.1) is 0 Å². The fourth-order valence-corrected chi connectivity index (χ4v) is 3.26. The Morgan fingerprint density at radius 2 is 2.05 bits per heavy atom. The number of benzene rings is 1. The minimum atomic E-state index is 0.125. The van der Waals surface area contributed by atoms with Gasteiger partial charge in [0, 0.05) is 34.6 Å². The molecule has 0 fully saturated rings. The lowest BCUT2D eigenvalue weighted by Gasteiger charge is -2.14. The van der Waals surface area contributed by atoms with Gasteiger partial charge in [-0.3, -0.25) is 4.79 Å². The molecule has 2 rings (SSSR count). The second-order valence-electron chi connectivity index (χ2n) is 5.49. The molecule has 0 aliphatic rings. The Kier molecular flexibility index (Phi) is 5.76. The lowest BCUT2D eigenvalue weighted by Crippen LogP contribution is -2.34. The van der Waals surface area contributed by atoms with Gasteiger partial charge in [0.2, 0.25) is 5.91 Å². The first-order valence-corrected chi connectivity index (χ1v) is 8.43. The summed E-state index contributed by atoms with van der Waals surface area (Å²) in [7, 11) is 0. The van der Waals surface area contributed by atoms with Gasteiger partial charge < -0.3 is 10.6 Å².